The third-order valence-electron chi connectivity index (χ3n) is 6.94. The van der Waals surface area contributed by atoms with Crippen molar-refractivity contribution in [3.8, 4) is 11.8 Å². The maximum Gasteiger partial charge on any atom is 0.255 e. The zero-order chi connectivity index (χ0) is 24.8. The summed E-state index contributed by atoms with van der Waals surface area (Å²) in [5, 5.41) is 2.95. The number of fused-ring (bicyclic) bond motifs is 2. The molecule has 0 spiro atoms. The second-order valence-electron chi connectivity index (χ2n) is 9.71. The number of amides is 2. The van der Waals surface area contributed by atoms with Crippen LogP contribution in [0.2, 0.25) is 0 Å². The van der Waals surface area contributed by atoms with Gasteiger partial charge < -0.3 is 10.2 Å². The Balaban J connectivity index is 1.22. The van der Waals surface area contributed by atoms with Crippen LogP contribution in [0, 0.1) is 31.6 Å². The van der Waals surface area contributed by atoms with Gasteiger partial charge in [-0.05, 0) is 86.1 Å². The molecule has 1 aliphatic heterocycles. The first-order valence-corrected chi connectivity index (χ1v) is 12.3. The number of pyridine rings is 1. The molecule has 2 aromatic carbocycles. The summed E-state index contributed by atoms with van der Waals surface area (Å²) in [4.78, 5) is 32.4. The molecule has 1 fully saturated rings. The van der Waals surface area contributed by atoms with E-state index in [0.29, 0.717) is 29.3 Å². The molecule has 1 N–H and O–H groups in total. The van der Waals surface area contributed by atoms with Crippen molar-refractivity contribution < 1.29 is 9.59 Å². The first-order chi connectivity index (χ1) is 17.5. The minimum atomic E-state index is -0.232. The number of carbonyl (C=O) groups is 2. The number of hydrogen-bond donors (Lipinski definition) is 1. The van der Waals surface area contributed by atoms with Crippen molar-refractivity contribution in [2.75, 3.05) is 11.9 Å². The number of anilines is 1. The molecule has 6 heteroatoms. The number of nitrogens with one attached hydrogen (secondary N) is 1. The summed E-state index contributed by atoms with van der Waals surface area (Å²) >= 11 is 0. The Hall–Kier alpha value is -4.37. The van der Waals surface area contributed by atoms with E-state index >= 15 is 0 Å². The molecule has 3 heterocycles. The molecule has 36 heavy (non-hydrogen) atoms. The van der Waals surface area contributed by atoms with Crippen molar-refractivity contribution in [1.82, 2.24) is 14.3 Å². The largest absolute Gasteiger partial charge is 0.334 e. The number of hydrogen-bond acceptors (Lipinski definition) is 3. The molecule has 2 amide bonds. The summed E-state index contributed by atoms with van der Waals surface area (Å²) in [5.41, 5.74) is 7.17. The van der Waals surface area contributed by atoms with Crippen molar-refractivity contribution in [3.05, 3.63) is 100.0 Å². The van der Waals surface area contributed by atoms with Crippen LogP contribution in [0.5, 0.6) is 0 Å². The molecule has 1 saturated carbocycles. The molecule has 0 atom stereocenters. The zero-order valence-electron chi connectivity index (χ0n) is 20.3. The summed E-state index contributed by atoms with van der Waals surface area (Å²) in [6.45, 7) is 5.41. The van der Waals surface area contributed by atoms with E-state index in [4.69, 9.17) is 0 Å². The highest BCUT2D eigenvalue weighted by Crippen LogP contribution is 2.33. The fourth-order valence-electron chi connectivity index (χ4n) is 4.69. The lowest BCUT2D eigenvalue weighted by Gasteiger charge is -2.14. The fourth-order valence-corrected chi connectivity index (χ4v) is 4.69. The minimum absolute atomic E-state index is 0.0589. The van der Waals surface area contributed by atoms with Crippen LogP contribution in [0.1, 0.15) is 61.6 Å². The highest BCUT2D eigenvalue weighted by Gasteiger charge is 2.32. The zero-order valence-corrected chi connectivity index (χ0v) is 20.3. The lowest BCUT2D eigenvalue weighted by atomic mass is 10.0. The van der Waals surface area contributed by atoms with E-state index in [1.807, 2.05) is 71.8 Å². The van der Waals surface area contributed by atoms with Crippen LogP contribution >= 0.6 is 0 Å². The van der Waals surface area contributed by atoms with Crippen LogP contribution in [-0.4, -0.2) is 32.6 Å². The first-order valence-electron chi connectivity index (χ1n) is 12.3. The van der Waals surface area contributed by atoms with Gasteiger partial charge in [-0.15, -0.1) is 0 Å². The highest BCUT2D eigenvalue weighted by molar-refractivity contribution is 6.06. The van der Waals surface area contributed by atoms with Gasteiger partial charge in [-0.25, -0.2) is 4.98 Å². The van der Waals surface area contributed by atoms with Gasteiger partial charge in [0.05, 0.1) is 5.69 Å². The number of carbonyl (C=O) groups excluding carboxylic acids is 2. The molecule has 1 aliphatic carbocycles. The van der Waals surface area contributed by atoms with E-state index in [1.54, 1.807) is 12.1 Å². The molecular weight excluding hydrogens is 448 g/mol. The second-order valence-corrected chi connectivity index (χ2v) is 9.71. The van der Waals surface area contributed by atoms with Crippen LogP contribution in [0.15, 0.2) is 60.8 Å². The molecule has 0 bridgehead atoms. The second kappa shape index (κ2) is 8.69. The van der Waals surface area contributed by atoms with E-state index in [9.17, 15) is 9.59 Å². The number of benzene rings is 2. The van der Waals surface area contributed by atoms with Crippen molar-refractivity contribution in [3.63, 3.8) is 0 Å². The van der Waals surface area contributed by atoms with Crippen molar-refractivity contribution in [2.45, 2.75) is 33.2 Å². The Morgan fingerprint density at radius 1 is 1.08 bits per heavy atom. The summed E-state index contributed by atoms with van der Waals surface area (Å²) in [6.07, 6.45) is 4.37. The molecule has 0 unspecified atom stereocenters. The SMILES string of the molecule is Cc1ccc(C(=O)Nc2ccc3c(c2)C(=O)N(CC2CC2)C3)cc1C#Cc1c(C)nc2ccccn12. The Labute approximate surface area is 210 Å². The summed E-state index contributed by atoms with van der Waals surface area (Å²) in [5.74, 6) is 6.95. The molecule has 2 aromatic heterocycles. The number of aryl methyl sites for hydroxylation is 2. The third kappa shape index (κ3) is 4.14. The maximum absolute atomic E-state index is 13.1. The third-order valence-corrected chi connectivity index (χ3v) is 6.94. The van der Waals surface area contributed by atoms with E-state index < -0.39 is 0 Å². The van der Waals surface area contributed by atoms with Gasteiger partial charge in [-0.1, -0.05) is 24.1 Å². The number of imidazole rings is 1. The molecule has 4 aromatic rings. The van der Waals surface area contributed by atoms with Crippen molar-refractivity contribution >= 4 is 23.1 Å². The van der Waals surface area contributed by atoms with E-state index in [-0.39, 0.29) is 11.8 Å². The van der Waals surface area contributed by atoms with Gasteiger partial charge in [-0.3, -0.25) is 14.0 Å². The quantitative estimate of drug-likeness (QED) is 0.425. The standard InChI is InChI=1S/C30H26N4O2/c1-19-6-9-23(15-22(19)11-13-27-20(2)31-28-5-3-4-14-34(27)28)29(35)32-25-12-10-24-18-33(17-21-7-8-21)30(36)26(24)16-25/h3-6,9-10,12,14-16,21H,7-8,17-18H2,1-2H3,(H,32,35). The molecule has 0 saturated heterocycles. The summed E-state index contributed by atoms with van der Waals surface area (Å²) in [7, 11) is 0. The fraction of sp³-hybridized carbons (Fsp3) is 0.233. The van der Waals surface area contributed by atoms with Gasteiger partial charge >= 0.3 is 0 Å². The monoisotopic (exact) mass is 474 g/mol. The minimum Gasteiger partial charge on any atom is -0.334 e. The Kier molecular flexibility index (Phi) is 5.34. The Morgan fingerprint density at radius 2 is 1.94 bits per heavy atom. The summed E-state index contributed by atoms with van der Waals surface area (Å²) < 4.78 is 1.97. The van der Waals surface area contributed by atoms with Gasteiger partial charge in [0.1, 0.15) is 11.3 Å². The van der Waals surface area contributed by atoms with Crippen LogP contribution in [0.25, 0.3) is 5.65 Å². The predicted molar refractivity (Wildman–Crippen MR) is 139 cm³/mol. The molecule has 6 rings (SSSR count). The van der Waals surface area contributed by atoms with E-state index in [2.05, 4.69) is 22.1 Å². The highest BCUT2D eigenvalue weighted by atomic mass is 16.2. The van der Waals surface area contributed by atoms with E-state index in [1.165, 1.54) is 12.8 Å². The number of aromatic nitrogens is 2. The number of rotatable bonds is 4. The van der Waals surface area contributed by atoms with Crippen LogP contribution < -0.4 is 5.32 Å². The number of nitrogens with zero attached hydrogens (tertiary/aromatic N) is 3. The molecule has 2 aliphatic rings. The average Bonchev–Trinajstić information content (AvgIpc) is 3.56. The Morgan fingerprint density at radius 3 is 2.78 bits per heavy atom. The van der Waals surface area contributed by atoms with Gasteiger partial charge in [0.2, 0.25) is 0 Å². The van der Waals surface area contributed by atoms with Gasteiger partial charge in [0.15, 0.2) is 0 Å². The van der Waals surface area contributed by atoms with Crippen molar-refractivity contribution in [2.24, 2.45) is 5.92 Å². The molecule has 6 nitrogen and oxygen atoms in total. The van der Waals surface area contributed by atoms with Crippen LogP contribution in [-0.2, 0) is 6.54 Å². The van der Waals surface area contributed by atoms with E-state index in [0.717, 1.165) is 40.3 Å². The Bertz CT molecular complexity index is 1600. The smallest absolute Gasteiger partial charge is 0.255 e. The predicted octanol–water partition coefficient (Wildman–Crippen LogP) is 4.97. The van der Waals surface area contributed by atoms with Crippen LogP contribution in [0.4, 0.5) is 5.69 Å². The van der Waals surface area contributed by atoms with Crippen LogP contribution in [0.3, 0.4) is 0 Å². The lowest BCUT2D eigenvalue weighted by molar-refractivity contribution is 0.0770. The topological polar surface area (TPSA) is 66.7 Å². The first kappa shape index (κ1) is 22.1. The normalized spacial score (nSPS) is 14.5. The molecule has 0 radical (unpaired) electrons. The van der Waals surface area contributed by atoms with Gasteiger partial charge in [0, 0.05) is 41.7 Å². The molecule has 178 valence electrons. The maximum atomic E-state index is 13.1. The lowest BCUT2D eigenvalue weighted by Crippen LogP contribution is -2.26. The van der Waals surface area contributed by atoms with Crippen molar-refractivity contribution in [1.29, 1.82) is 0 Å². The van der Waals surface area contributed by atoms with Gasteiger partial charge in [-0.2, -0.15) is 0 Å². The molecular formula is C30H26N4O2. The summed E-state index contributed by atoms with van der Waals surface area (Å²) in [6, 6.07) is 17.0. The van der Waals surface area contributed by atoms with Gasteiger partial charge in [0.25, 0.3) is 11.8 Å². The average molecular weight is 475 g/mol.